The third-order valence-electron chi connectivity index (χ3n) is 4.05. The van der Waals surface area contributed by atoms with E-state index in [4.69, 9.17) is 0 Å². The van der Waals surface area contributed by atoms with Gasteiger partial charge < -0.3 is 9.80 Å². The van der Waals surface area contributed by atoms with Crippen molar-refractivity contribution in [2.24, 2.45) is 0 Å². The zero-order valence-corrected chi connectivity index (χ0v) is 14.7. The molecule has 1 heterocycles. The molecular formula is C19H18BrFN2O. The first-order chi connectivity index (χ1) is 11.6. The molecule has 2 aromatic carbocycles. The topological polar surface area (TPSA) is 23.6 Å². The van der Waals surface area contributed by atoms with E-state index in [2.05, 4.69) is 20.8 Å². The van der Waals surface area contributed by atoms with Crippen LogP contribution >= 0.6 is 15.9 Å². The van der Waals surface area contributed by atoms with Gasteiger partial charge in [0.25, 0.3) is 0 Å². The second-order valence-corrected chi connectivity index (χ2v) is 6.59. The summed E-state index contributed by atoms with van der Waals surface area (Å²) in [6.07, 6.45) is 3.45. The van der Waals surface area contributed by atoms with E-state index in [1.54, 1.807) is 18.2 Å². The molecule has 0 saturated carbocycles. The summed E-state index contributed by atoms with van der Waals surface area (Å²) in [6.45, 7) is 2.84. The molecular weight excluding hydrogens is 371 g/mol. The monoisotopic (exact) mass is 388 g/mol. The van der Waals surface area contributed by atoms with Crippen molar-refractivity contribution >= 4 is 33.6 Å². The van der Waals surface area contributed by atoms with Crippen LogP contribution in [0.2, 0.25) is 0 Å². The van der Waals surface area contributed by atoms with E-state index in [1.807, 2.05) is 35.2 Å². The Morgan fingerprint density at radius 1 is 1.04 bits per heavy atom. The molecule has 0 aromatic heterocycles. The lowest BCUT2D eigenvalue weighted by molar-refractivity contribution is -0.126. The molecule has 124 valence electrons. The molecule has 1 fully saturated rings. The highest BCUT2D eigenvalue weighted by Gasteiger charge is 2.19. The van der Waals surface area contributed by atoms with Crippen molar-refractivity contribution in [2.75, 3.05) is 31.1 Å². The minimum atomic E-state index is -0.231. The predicted octanol–water partition coefficient (Wildman–Crippen LogP) is 3.95. The van der Waals surface area contributed by atoms with Crippen LogP contribution in [0.4, 0.5) is 10.1 Å². The Labute approximate surface area is 149 Å². The van der Waals surface area contributed by atoms with Crippen molar-refractivity contribution in [1.29, 1.82) is 0 Å². The summed E-state index contributed by atoms with van der Waals surface area (Å²) < 4.78 is 14.0. The number of halogens is 2. The molecule has 5 heteroatoms. The third kappa shape index (κ3) is 4.23. The number of carbonyl (C=O) groups excluding carboxylic acids is 1. The van der Waals surface area contributed by atoms with E-state index < -0.39 is 0 Å². The Morgan fingerprint density at radius 3 is 2.42 bits per heavy atom. The lowest BCUT2D eigenvalue weighted by Crippen LogP contribution is -2.48. The fourth-order valence-electron chi connectivity index (χ4n) is 2.72. The minimum Gasteiger partial charge on any atom is -0.368 e. The maximum absolute atomic E-state index is 13.0. The summed E-state index contributed by atoms with van der Waals surface area (Å²) in [4.78, 5) is 16.3. The van der Waals surface area contributed by atoms with Crippen LogP contribution in [0.5, 0.6) is 0 Å². The lowest BCUT2D eigenvalue weighted by atomic mass is 10.2. The van der Waals surface area contributed by atoms with Crippen LogP contribution in [0.25, 0.3) is 6.08 Å². The van der Waals surface area contributed by atoms with Gasteiger partial charge >= 0.3 is 0 Å². The van der Waals surface area contributed by atoms with Crippen LogP contribution in [-0.4, -0.2) is 37.0 Å². The molecule has 0 atom stereocenters. The van der Waals surface area contributed by atoms with E-state index >= 15 is 0 Å². The van der Waals surface area contributed by atoms with Gasteiger partial charge in [0.2, 0.25) is 5.91 Å². The Kier molecular flexibility index (Phi) is 5.30. The molecule has 24 heavy (non-hydrogen) atoms. The zero-order valence-electron chi connectivity index (χ0n) is 13.2. The summed E-state index contributed by atoms with van der Waals surface area (Å²) in [5.74, 6) is -0.209. The van der Waals surface area contributed by atoms with Crippen LogP contribution in [0, 0.1) is 5.82 Å². The number of hydrogen-bond acceptors (Lipinski definition) is 2. The van der Waals surface area contributed by atoms with Crippen molar-refractivity contribution in [2.45, 2.75) is 0 Å². The van der Waals surface area contributed by atoms with Gasteiger partial charge in [0.05, 0.1) is 0 Å². The van der Waals surface area contributed by atoms with Crippen LogP contribution in [0.1, 0.15) is 5.56 Å². The molecule has 1 aliphatic rings. The summed E-state index contributed by atoms with van der Waals surface area (Å²) >= 11 is 3.42. The van der Waals surface area contributed by atoms with Gasteiger partial charge in [-0.2, -0.15) is 0 Å². The molecule has 0 N–H and O–H groups in total. The molecule has 0 radical (unpaired) electrons. The van der Waals surface area contributed by atoms with Crippen molar-refractivity contribution in [3.8, 4) is 0 Å². The quantitative estimate of drug-likeness (QED) is 0.743. The number of benzene rings is 2. The van der Waals surface area contributed by atoms with Crippen molar-refractivity contribution in [3.63, 3.8) is 0 Å². The van der Waals surface area contributed by atoms with E-state index in [0.717, 1.165) is 28.8 Å². The Morgan fingerprint density at radius 2 is 1.75 bits per heavy atom. The van der Waals surface area contributed by atoms with Crippen LogP contribution in [0.15, 0.2) is 59.1 Å². The fraction of sp³-hybridized carbons (Fsp3) is 0.211. The van der Waals surface area contributed by atoms with Crippen molar-refractivity contribution in [3.05, 3.63) is 70.5 Å². The van der Waals surface area contributed by atoms with Gasteiger partial charge in [-0.15, -0.1) is 0 Å². The second-order valence-electron chi connectivity index (χ2n) is 5.68. The molecule has 0 aliphatic carbocycles. The molecule has 1 aliphatic heterocycles. The highest BCUT2D eigenvalue weighted by Crippen LogP contribution is 2.17. The average molecular weight is 389 g/mol. The Balaban J connectivity index is 1.56. The van der Waals surface area contributed by atoms with Gasteiger partial charge in [0, 0.05) is 42.4 Å². The summed E-state index contributed by atoms with van der Waals surface area (Å²) in [6, 6.07) is 14.3. The first-order valence-electron chi connectivity index (χ1n) is 7.85. The number of piperazine rings is 1. The maximum Gasteiger partial charge on any atom is 0.246 e. The first kappa shape index (κ1) is 16.7. The van der Waals surface area contributed by atoms with Crippen molar-refractivity contribution in [1.82, 2.24) is 4.90 Å². The van der Waals surface area contributed by atoms with Gasteiger partial charge in [0.15, 0.2) is 0 Å². The summed E-state index contributed by atoms with van der Waals surface area (Å²) in [7, 11) is 0. The first-order valence-corrected chi connectivity index (χ1v) is 8.64. The van der Waals surface area contributed by atoms with Gasteiger partial charge in [-0.25, -0.2) is 4.39 Å². The van der Waals surface area contributed by atoms with Gasteiger partial charge in [-0.3, -0.25) is 4.79 Å². The number of nitrogens with zero attached hydrogens (tertiary/aromatic N) is 2. The molecule has 0 unspecified atom stereocenters. The third-order valence-corrected chi connectivity index (χ3v) is 4.54. The van der Waals surface area contributed by atoms with E-state index in [0.29, 0.717) is 13.1 Å². The maximum atomic E-state index is 13.0. The zero-order chi connectivity index (χ0) is 16.9. The number of anilines is 1. The summed E-state index contributed by atoms with van der Waals surface area (Å²) in [5, 5.41) is 0. The number of carbonyl (C=O) groups is 1. The van der Waals surface area contributed by atoms with Gasteiger partial charge in [-0.1, -0.05) is 28.1 Å². The van der Waals surface area contributed by atoms with E-state index in [1.165, 1.54) is 12.1 Å². The fourth-order valence-corrected chi connectivity index (χ4v) is 3.14. The molecule has 3 nitrogen and oxygen atoms in total. The largest absolute Gasteiger partial charge is 0.368 e. The number of rotatable bonds is 3. The number of hydrogen-bond donors (Lipinski definition) is 0. The molecule has 0 bridgehead atoms. The average Bonchev–Trinajstić information content (AvgIpc) is 2.61. The highest BCUT2D eigenvalue weighted by atomic mass is 79.9. The standard InChI is InChI=1S/C19H18BrFN2O/c20-16-3-1-2-15(14-16)4-9-19(24)23-12-10-22(11-13-23)18-7-5-17(21)6-8-18/h1-9,14H,10-13H2. The smallest absolute Gasteiger partial charge is 0.246 e. The van der Waals surface area contributed by atoms with E-state index in [-0.39, 0.29) is 11.7 Å². The van der Waals surface area contributed by atoms with Crippen molar-refractivity contribution < 1.29 is 9.18 Å². The second kappa shape index (κ2) is 7.62. The molecule has 2 aromatic rings. The summed E-state index contributed by atoms with van der Waals surface area (Å²) in [5.41, 5.74) is 1.98. The normalized spacial score (nSPS) is 15.1. The van der Waals surface area contributed by atoms with Gasteiger partial charge in [0.1, 0.15) is 5.82 Å². The Hall–Kier alpha value is -2.14. The molecule has 1 saturated heterocycles. The minimum absolute atomic E-state index is 0.0220. The lowest BCUT2D eigenvalue weighted by Gasteiger charge is -2.35. The van der Waals surface area contributed by atoms with Gasteiger partial charge in [-0.05, 0) is 48.0 Å². The van der Waals surface area contributed by atoms with Crippen LogP contribution < -0.4 is 4.90 Å². The Bertz CT molecular complexity index is 737. The molecule has 3 rings (SSSR count). The highest BCUT2D eigenvalue weighted by molar-refractivity contribution is 9.10. The molecule has 1 amide bonds. The van der Waals surface area contributed by atoms with Crippen LogP contribution in [-0.2, 0) is 4.79 Å². The SMILES string of the molecule is O=C(C=Cc1cccc(Br)c1)N1CCN(c2ccc(F)cc2)CC1. The molecule has 0 spiro atoms. The van der Waals surface area contributed by atoms with Crippen LogP contribution in [0.3, 0.4) is 0 Å². The number of amides is 1. The predicted molar refractivity (Wildman–Crippen MR) is 98.4 cm³/mol. The van der Waals surface area contributed by atoms with E-state index in [9.17, 15) is 9.18 Å².